The van der Waals surface area contributed by atoms with E-state index < -0.39 is 61.3 Å². The van der Waals surface area contributed by atoms with Crippen molar-refractivity contribution >= 4 is 70.3 Å². The van der Waals surface area contributed by atoms with Crippen LogP contribution in [0, 0.1) is 0 Å². The van der Waals surface area contributed by atoms with Crippen molar-refractivity contribution in [3.8, 4) is 0 Å². The first kappa shape index (κ1) is 47.9. The van der Waals surface area contributed by atoms with Crippen molar-refractivity contribution in [3.63, 3.8) is 0 Å². The van der Waals surface area contributed by atoms with E-state index in [0.717, 1.165) is 0 Å². The predicted octanol–water partition coefficient (Wildman–Crippen LogP) is -15.5. The quantitative estimate of drug-likeness (QED) is 0.122. The van der Waals surface area contributed by atoms with Crippen molar-refractivity contribution in [2.24, 2.45) is 0 Å². The second-order valence-electron chi connectivity index (χ2n) is 3.46. The van der Waals surface area contributed by atoms with Crippen molar-refractivity contribution in [1.82, 2.24) is 0 Å². The Bertz CT molecular complexity index is 400. The molecule has 10 N–H and O–H groups in total. The summed E-state index contributed by atoms with van der Waals surface area (Å²) in [5.74, 6) is -9.40. The number of hydrogen-bond donors (Lipinski definition) is 10. The molecule has 0 rings (SSSR count). The normalized spacial score (nSPS) is 8.59. The third-order valence-corrected chi connectivity index (χ3v) is 1.05. The maximum atomic E-state index is 9.09. The fraction of sp³-hybridized carbons (Fsp3) is 0.500. The van der Waals surface area contributed by atoms with Crippen LogP contribution in [-0.4, -0.2) is 153 Å². The van der Waals surface area contributed by atoms with Crippen LogP contribution >= 0.6 is 0 Å². The van der Waals surface area contributed by atoms with Crippen LogP contribution in [0.1, 0.15) is 0 Å². The molecule has 0 amide bonds. The monoisotopic (exact) mass is 506 g/mol. The van der Waals surface area contributed by atoms with Gasteiger partial charge in [0.05, 0.1) is 29.8 Å². The number of aliphatic carboxylic acids is 5. The van der Waals surface area contributed by atoms with E-state index in [1.54, 1.807) is 0 Å². The first-order chi connectivity index (χ1) is 13.2. The first-order valence-corrected chi connectivity index (χ1v) is 6.07. The van der Waals surface area contributed by atoms with Crippen LogP contribution in [0.15, 0.2) is 0 Å². The molecule has 0 aliphatic heterocycles. The fourth-order valence-electron chi connectivity index (χ4n) is 0. The summed E-state index contributed by atoms with van der Waals surface area (Å²) in [6.07, 6.45) is -11.7. The number of rotatable bonds is 5. The summed E-state index contributed by atoms with van der Waals surface area (Å²) < 4.78 is 0. The molecule has 0 aromatic rings. The zero-order valence-electron chi connectivity index (χ0n) is 15.2. The molecule has 0 heterocycles. The SMILES string of the molecule is O=C([O-])C(O)O.O=C([O-])C(O)O.O=C([O-])C(O)O.O=C([O-])C(O)O.O=C([O-])C(O)O.[Al+3].[Mg+2]. The van der Waals surface area contributed by atoms with Crippen LogP contribution in [-0.2, 0) is 24.0 Å². The maximum absolute atomic E-state index is 9.09. The Hall–Kier alpha value is -1.75. The summed E-state index contributed by atoms with van der Waals surface area (Å²) in [6.45, 7) is 0. The molecule has 0 aliphatic carbocycles. The summed E-state index contributed by atoms with van der Waals surface area (Å²) in [6, 6.07) is 0. The minimum atomic E-state index is -2.34. The molecule has 0 aromatic carbocycles. The van der Waals surface area contributed by atoms with E-state index >= 15 is 0 Å². The zero-order chi connectivity index (χ0) is 25.8. The molecule has 0 aliphatic rings. The molecule has 0 spiro atoms. The van der Waals surface area contributed by atoms with E-state index in [-0.39, 0.29) is 40.4 Å². The Morgan fingerprint density at radius 3 is 0.406 bits per heavy atom. The van der Waals surface area contributed by atoms with Crippen molar-refractivity contribution in [2.75, 3.05) is 0 Å². The van der Waals surface area contributed by atoms with Gasteiger partial charge in [0.15, 0.2) is 31.5 Å². The van der Waals surface area contributed by atoms with Gasteiger partial charge in [-0.1, -0.05) is 0 Å². The average molecular weight is 506 g/mol. The molecule has 0 bridgehead atoms. The van der Waals surface area contributed by atoms with Crippen LogP contribution in [0.3, 0.4) is 0 Å². The summed E-state index contributed by atoms with van der Waals surface area (Å²) in [5.41, 5.74) is 0. The molecule has 0 saturated carbocycles. The van der Waals surface area contributed by atoms with Crippen molar-refractivity contribution < 1.29 is 101 Å². The van der Waals surface area contributed by atoms with Crippen LogP contribution in [0.5, 0.6) is 0 Å². The summed E-state index contributed by atoms with van der Waals surface area (Å²) in [5, 5.41) is 121. The molecule has 0 unspecified atom stereocenters. The molecule has 0 radical (unpaired) electrons. The van der Waals surface area contributed by atoms with Crippen LogP contribution < -0.4 is 25.5 Å². The Balaban J connectivity index is -0.0000000481. The van der Waals surface area contributed by atoms with Gasteiger partial charge in [0, 0.05) is 0 Å². The van der Waals surface area contributed by atoms with E-state index in [1.807, 2.05) is 0 Å². The maximum Gasteiger partial charge on any atom is 3.00 e. The minimum Gasteiger partial charge on any atom is -0.545 e. The van der Waals surface area contributed by atoms with Gasteiger partial charge >= 0.3 is 40.4 Å². The molecule has 22 heteroatoms. The third-order valence-electron chi connectivity index (χ3n) is 1.05. The Morgan fingerprint density at radius 2 is 0.406 bits per heavy atom. The van der Waals surface area contributed by atoms with Gasteiger partial charge in [-0.3, -0.25) is 0 Å². The molecule has 180 valence electrons. The van der Waals surface area contributed by atoms with Gasteiger partial charge in [0.1, 0.15) is 0 Å². The van der Waals surface area contributed by atoms with Crippen molar-refractivity contribution in [3.05, 3.63) is 0 Å². The number of hydrogen-bond acceptors (Lipinski definition) is 20. The number of aliphatic hydroxyl groups is 10. The zero-order valence-corrected chi connectivity index (χ0v) is 17.8. The predicted molar refractivity (Wildman–Crippen MR) is 77.7 cm³/mol. The molecule has 0 atom stereocenters. The van der Waals surface area contributed by atoms with Gasteiger partial charge in [-0.25, -0.2) is 0 Å². The minimum absolute atomic E-state index is 0. The molecule has 20 nitrogen and oxygen atoms in total. The Kier molecular flexibility index (Phi) is 43.8. The van der Waals surface area contributed by atoms with Gasteiger partial charge in [0.25, 0.3) is 0 Å². The fourth-order valence-corrected chi connectivity index (χ4v) is 0. The van der Waals surface area contributed by atoms with Crippen molar-refractivity contribution in [2.45, 2.75) is 31.5 Å². The first-order valence-electron chi connectivity index (χ1n) is 6.07. The smallest absolute Gasteiger partial charge is 0.545 e. The van der Waals surface area contributed by atoms with Gasteiger partial charge < -0.3 is 101 Å². The van der Waals surface area contributed by atoms with Crippen LogP contribution in [0.4, 0.5) is 0 Å². The number of carbonyl (C=O) groups excluding carboxylic acids is 5. The number of carboxylic acids is 5. The van der Waals surface area contributed by atoms with Gasteiger partial charge in [0.2, 0.25) is 0 Å². The van der Waals surface area contributed by atoms with E-state index in [1.165, 1.54) is 0 Å². The standard InChI is InChI=1S/5C2H4O4.Al.Mg/c5*3-1(4)2(5)6;;/h5*1,3-4H,(H,5,6);;/q;;;;;+3;+2/p-5. The van der Waals surface area contributed by atoms with Crippen molar-refractivity contribution in [1.29, 1.82) is 0 Å². The molecule has 32 heavy (non-hydrogen) atoms. The molecule has 0 saturated heterocycles. The topological polar surface area (TPSA) is 403 Å². The largest absolute Gasteiger partial charge is 3.00 e. The molecule has 0 aromatic heterocycles. The van der Waals surface area contributed by atoms with E-state index in [4.69, 9.17) is 101 Å². The van der Waals surface area contributed by atoms with Gasteiger partial charge in [-0.05, 0) is 0 Å². The molecular weight excluding hydrogens is 491 g/mol. The summed E-state index contributed by atoms with van der Waals surface area (Å²) in [4.78, 5) is 45.4. The summed E-state index contributed by atoms with van der Waals surface area (Å²) in [7, 11) is 0. The van der Waals surface area contributed by atoms with Gasteiger partial charge in [-0.15, -0.1) is 0 Å². The van der Waals surface area contributed by atoms with Crippen LogP contribution in [0.25, 0.3) is 0 Å². The Morgan fingerprint density at radius 1 is 0.375 bits per heavy atom. The average Bonchev–Trinajstić information content (AvgIpc) is 2.56. The molecule has 0 fully saturated rings. The van der Waals surface area contributed by atoms with Crippen LogP contribution in [0.2, 0.25) is 0 Å². The number of carboxylic acid groups (broad SMARTS) is 5. The molecular formula is C10H15AlMgO20. The number of carbonyl (C=O) groups is 5. The third kappa shape index (κ3) is 63.0. The van der Waals surface area contributed by atoms with E-state index in [2.05, 4.69) is 0 Å². The Labute approximate surface area is 202 Å². The summed E-state index contributed by atoms with van der Waals surface area (Å²) >= 11 is 0. The van der Waals surface area contributed by atoms with E-state index in [9.17, 15) is 0 Å². The second-order valence-corrected chi connectivity index (χ2v) is 3.46. The number of aliphatic hydroxyl groups excluding tert-OH is 5. The second kappa shape index (κ2) is 29.2. The van der Waals surface area contributed by atoms with Gasteiger partial charge in [-0.2, -0.15) is 0 Å². The van der Waals surface area contributed by atoms with E-state index in [0.29, 0.717) is 0 Å².